The first kappa shape index (κ1) is 19.1. The van der Waals surface area contributed by atoms with E-state index in [4.69, 9.17) is 9.47 Å². The van der Waals surface area contributed by atoms with Crippen LogP contribution in [0, 0.1) is 17.0 Å². The van der Waals surface area contributed by atoms with E-state index in [0.717, 1.165) is 37.7 Å². The minimum absolute atomic E-state index is 0.139. The van der Waals surface area contributed by atoms with Gasteiger partial charge in [0, 0.05) is 37.0 Å². The number of aryl methyl sites for hydroxylation is 1. The first-order valence-corrected chi connectivity index (χ1v) is 9.03. The van der Waals surface area contributed by atoms with Crippen LogP contribution in [0.25, 0.3) is 0 Å². The third-order valence-electron chi connectivity index (χ3n) is 4.88. The van der Waals surface area contributed by atoms with E-state index < -0.39 is 0 Å². The van der Waals surface area contributed by atoms with Gasteiger partial charge in [0.15, 0.2) is 0 Å². The molecule has 7 nitrogen and oxygen atoms in total. The maximum Gasteiger partial charge on any atom is 0.272 e. The van der Waals surface area contributed by atoms with E-state index >= 15 is 0 Å². The molecule has 0 bridgehead atoms. The van der Waals surface area contributed by atoms with Gasteiger partial charge in [0.25, 0.3) is 5.69 Å². The van der Waals surface area contributed by atoms with Gasteiger partial charge in [-0.05, 0) is 36.8 Å². The number of anilines is 1. The normalized spacial score (nSPS) is 15.9. The lowest BCUT2D eigenvalue weighted by Gasteiger charge is -2.35. The number of nitro benzene ring substituents is 1. The molecule has 144 valence electrons. The summed E-state index contributed by atoms with van der Waals surface area (Å²) >= 11 is 0. The van der Waals surface area contributed by atoms with Crippen molar-refractivity contribution < 1.29 is 14.4 Å². The summed E-state index contributed by atoms with van der Waals surface area (Å²) in [5, 5.41) is 14.4. The number of methoxy groups -OCH3 is 1. The predicted molar refractivity (Wildman–Crippen MR) is 104 cm³/mol. The van der Waals surface area contributed by atoms with Crippen molar-refractivity contribution in [3.05, 3.63) is 63.7 Å². The summed E-state index contributed by atoms with van der Waals surface area (Å²) in [6.07, 6.45) is 0. The highest BCUT2D eigenvalue weighted by molar-refractivity contribution is 5.53. The topological polar surface area (TPSA) is 76.9 Å². The van der Waals surface area contributed by atoms with E-state index in [1.807, 2.05) is 18.2 Å². The molecule has 0 amide bonds. The van der Waals surface area contributed by atoms with Crippen LogP contribution in [0.3, 0.4) is 0 Å². The SMILES string of the molecule is COc1ccc(C(CNc2ccc([N+](=O)[O-])c(C)c2)N2CCOCC2)cc1. The molecule has 1 heterocycles. The Bertz CT molecular complexity index is 773. The van der Waals surface area contributed by atoms with Crippen LogP contribution in [0.4, 0.5) is 11.4 Å². The maximum atomic E-state index is 11.0. The van der Waals surface area contributed by atoms with Crippen molar-refractivity contribution in [3.8, 4) is 5.75 Å². The molecule has 1 N–H and O–H groups in total. The molecular formula is C20H25N3O4. The van der Waals surface area contributed by atoms with Crippen molar-refractivity contribution in [2.75, 3.05) is 45.3 Å². The second-order valence-corrected chi connectivity index (χ2v) is 6.58. The molecular weight excluding hydrogens is 346 g/mol. The Kier molecular flexibility index (Phi) is 6.26. The summed E-state index contributed by atoms with van der Waals surface area (Å²) in [6, 6.07) is 13.4. The summed E-state index contributed by atoms with van der Waals surface area (Å²) in [7, 11) is 1.66. The van der Waals surface area contributed by atoms with Crippen LogP contribution in [-0.2, 0) is 4.74 Å². The number of hydrogen-bond donors (Lipinski definition) is 1. The van der Waals surface area contributed by atoms with Crippen LogP contribution in [0.1, 0.15) is 17.2 Å². The lowest BCUT2D eigenvalue weighted by Crippen LogP contribution is -2.41. The number of rotatable bonds is 7. The molecule has 2 aromatic rings. The minimum atomic E-state index is -0.354. The first-order valence-electron chi connectivity index (χ1n) is 9.03. The molecule has 27 heavy (non-hydrogen) atoms. The van der Waals surface area contributed by atoms with Crippen LogP contribution in [-0.4, -0.2) is 49.8 Å². The molecule has 0 radical (unpaired) electrons. The Morgan fingerprint density at radius 3 is 2.52 bits per heavy atom. The van der Waals surface area contributed by atoms with Crippen LogP contribution in [0.5, 0.6) is 5.75 Å². The van der Waals surface area contributed by atoms with Crippen molar-refractivity contribution in [2.45, 2.75) is 13.0 Å². The van der Waals surface area contributed by atoms with Gasteiger partial charge < -0.3 is 14.8 Å². The van der Waals surface area contributed by atoms with Gasteiger partial charge in [0.05, 0.1) is 31.3 Å². The molecule has 0 saturated carbocycles. The van der Waals surface area contributed by atoms with Crippen molar-refractivity contribution in [3.63, 3.8) is 0 Å². The van der Waals surface area contributed by atoms with Gasteiger partial charge in [-0.25, -0.2) is 0 Å². The Labute approximate surface area is 159 Å². The van der Waals surface area contributed by atoms with E-state index in [1.165, 1.54) is 5.56 Å². The third-order valence-corrected chi connectivity index (χ3v) is 4.88. The molecule has 1 atom stereocenters. The van der Waals surface area contributed by atoms with Gasteiger partial charge in [-0.2, -0.15) is 0 Å². The molecule has 2 aromatic carbocycles. The lowest BCUT2D eigenvalue weighted by atomic mass is 10.0. The molecule has 3 rings (SSSR count). The molecule has 0 spiro atoms. The van der Waals surface area contributed by atoms with Gasteiger partial charge in [0.2, 0.25) is 0 Å². The second-order valence-electron chi connectivity index (χ2n) is 6.58. The van der Waals surface area contributed by atoms with Gasteiger partial charge in [-0.3, -0.25) is 15.0 Å². The van der Waals surface area contributed by atoms with Crippen LogP contribution in [0.2, 0.25) is 0 Å². The lowest BCUT2D eigenvalue weighted by molar-refractivity contribution is -0.385. The van der Waals surface area contributed by atoms with Crippen LogP contribution >= 0.6 is 0 Å². The fourth-order valence-electron chi connectivity index (χ4n) is 3.36. The summed E-state index contributed by atoms with van der Waals surface area (Å²) < 4.78 is 10.8. The second kappa shape index (κ2) is 8.83. The van der Waals surface area contributed by atoms with Crippen molar-refractivity contribution >= 4 is 11.4 Å². The van der Waals surface area contributed by atoms with Gasteiger partial charge >= 0.3 is 0 Å². The van der Waals surface area contributed by atoms with Gasteiger partial charge in [0.1, 0.15) is 5.75 Å². The minimum Gasteiger partial charge on any atom is -0.497 e. The highest BCUT2D eigenvalue weighted by Gasteiger charge is 2.23. The number of nitro groups is 1. The molecule has 1 fully saturated rings. The van der Waals surface area contributed by atoms with Crippen molar-refractivity contribution in [2.24, 2.45) is 0 Å². The Balaban J connectivity index is 1.76. The fourth-order valence-corrected chi connectivity index (χ4v) is 3.36. The highest BCUT2D eigenvalue weighted by atomic mass is 16.6. The molecule has 0 aliphatic carbocycles. The van der Waals surface area contributed by atoms with Crippen LogP contribution in [0.15, 0.2) is 42.5 Å². The zero-order valence-electron chi connectivity index (χ0n) is 15.7. The number of ether oxygens (including phenoxy) is 2. The van der Waals surface area contributed by atoms with Crippen molar-refractivity contribution in [1.82, 2.24) is 4.90 Å². The van der Waals surface area contributed by atoms with E-state index in [0.29, 0.717) is 12.1 Å². The zero-order chi connectivity index (χ0) is 19.2. The quantitative estimate of drug-likeness (QED) is 0.594. The summed E-state index contributed by atoms with van der Waals surface area (Å²) in [6.45, 7) is 5.65. The van der Waals surface area contributed by atoms with E-state index in [1.54, 1.807) is 26.2 Å². The number of hydrogen-bond acceptors (Lipinski definition) is 6. The third kappa shape index (κ3) is 4.75. The number of benzene rings is 2. The average Bonchev–Trinajstić information content (AvgIpc) is 2.69. The predicted octanol–water partition coefficient (Wildman–Crippen LogP) is 3.40. The zero-order valence-corrected chi connectivity index (χ0v) is 15.7. The van der Waals surface area contributed by atoms with E-state index in [9.17, 15) is 10.1 Å². The summed E-state index contributed by atoms with van der Waals surface area (Å²) in [5.41, 5.74) is 2.87. The Morgan fingerprint density at radius 1 is 1.22 bits per heavy atom. The van der Waals surface area contributed by atoms with E-state index in [-0.39, 0.29) is 16.7 Å². The number of nitrogens with zero attached hydrogens (tertiary/aromatic N) is 2. The number of nitrogens with one attached hydrogen (secondary N) is 1. The number of morpholine rings is 1. The maximum absolute atomic E-state index is 11.0. The molecule has 0 aromatic heterocycles. The molecule has 1 saturated heterocycles. The molecule has 1 unspecified atom stereocenters. The largest absolute Gasteiger partial charge is 0.497 e. The fraction of sp³-hybridized carbons (Fsp3) is 0.400. The molecule has 1 aliphatic rings. The first-order chi connectivity index (χ1) is 13.1. The van der Waals surface area contributed by atoms with Gasteiger partial charge in [-0.15, -0.1) is 0 Å². The van der Waals surface area contributed by atoms with E-state index in [2.05, 4.69) is 22.3 Å². The highest BCUT2D eigenvalue weighted by Crippen LogP contribution is 2.26. The van der Waals surface area contributed by atoms with Crippen LogP contribution < -0.4 is 10.1 Å². The molecule has 1 aliphatic heterocycles. The molecule has 7 heteroatoms. The standard InChI is InChI=1S/C20H25N3O4/c1-15-13-17(5-8-19(15)23(24)25)21-14-20(22-9-11-27-12-10-22)16-3-6-18(26-2)7-4-16/h3-8,13,20-21H,9-12,14H2,1-2H3. The summed E-state index contributed by atoms with van der Waals surface area (Å²) in [4.78, 5) is 13.0. The van der Waals surface area contributed by atoms with Crippen molar-refractivity contribution in [1.29, 1.82) is 0 Å². The summed E-state index contributed by atoms with van der Waals surface area (Å²) in [5.74, 6) is 0.832. The Hall–Kier alpha value is -2.64. The Morgan fingerprint density at radius 2 is 1.93 bits per heavy atom. The van der Waals surface area contributed by atoms with Gasteiger partial charge in [-0.1, -0.05) is 12.1 Å². The monoisotopic (exact) mass is 371 g/mol. The average molecular weight is 371 g/mol. The smallest absolute Gasteiger partial charge is 0.272 e.